The summed E-state index contributed by atoms with van der Waals surface area (Å²) in [4.78, 5) is 24.1. The maximum absolute atomic E-state index is 10.9. The third kappa shape index (κ3) is 3.54. The van der Waals surface area contributed by atoms with Crippen molar-refractivity contribution in [1.29, 1.82) is 0 Å². The highest BCUT2D eigenvalue weighted by Crippen LogP contribution is 2.26. The van der Waals surface area contributed by atoms with Crippen LogP contribution < -0.4 is 0 Å². The van der Waals surface area contributed by atoms with Gasteiger partial charge in [0.05, 0.1) is 4.92 Å². The first-order valence-corrected chi connectivity index (χ1v) is 8.46. The lowest BCUT2D eigenvalue weighted by molar-refractivity contribution is -0.384. The number of benzene rings is 3. The van der Waals surface area contributed by atoms with Gasteiger partial charge in [-0.25, -0.2) is 15.0 Å². The number of aromatic hydroxyl groups is 1. The van der Waals surface area contributed by atoms with Crippen LogP contribution in [0.3, 0.4) is 0 Å². The van der Waals surface area contributed by atoms with E-state index in [9.17, 15) is 15.2 Å². The number of aromatic nitrogens is 3. The molecule has 0 atom stereocenters. The molecule has 7 heteroatoms. The first kappa shape index (κ1) is 17.3. The van der Waals surface area contributed by atoms with Crippen molar-refractivity contribution >= 4 is 5.69 Å². The highest BCUT2D eigenvalue weighted by molar-refractivity contribution is 5.67. The van der Waals surface area contributed by atoms with Crippen molar-refractivity contribution in [2.75, 3.05) is 0 Å². The zero-order chi connectivity index (χ0) is 19.5. The Hall–Kier alpha value is -4.13. The summed E-state index contributed by atoms with van der Waals surface area (Å²) >= 11 is 0. The van der Waals surface area contributed by atoms with Crippen molar-refractivity contribution in [1.82, 2.24) is 15.0 Å². The highest BCUT2D eigenvalue weighted by atomic mass is 16.6. The van der Waals surface area contributed by atoms with Gasteiger partial charge in [0.1, 0.15) is 5.75 Å². The summed E-state index contributed by atoms with van der Waals surface area (Å²) in [6, 6.07) is 22.1. The van der Waals surface area contributed by atoms with Crippen molar-refractivity contribution in [3.8, 4) is 39.9 Å². The van der Waals surface area contributed by atoms with Crippen LogP contribution in [0, 0.1) is 10.1 Å². The molecule has 4 aromatic rings. The molecule has 4 rings (SSSR count). The lowest BCUT2D eigenvalue weighted by Gasteiger charge is -2.08. The quantitative estimate of drug-likeness (QED) is 0.419. The molecule has 0 fully saturated rings. The van der Waals surface area contributed by atoms with E-state index >= 15 is 0 Å². The normalized spacial score (nSPS) is 10.6. The first-order valence-electron chi connectivity index (χ1n) is 8.46. The van der Waals surface area contributed by atoms with Gasteiger partial charge in [-0.15, -0.1) is 0 Å². The van der Waals surface area contributed by atoms with Gasteiger partial charge < -0.3 is 5.11 Å². The van der Waals surface area contributed by atoms with Crippen LogP contribution in [0.1, 0.15) is 0 Å². The third-order valence-electron chi connectivity index (χ3n) is 4.13. The highest BCUT2D eigenvalue weighted by Gasteiger charge is 2.13. The fraction of sp³-hybridized carbons (Fsp3) is 0. The topological polar surface area (TPSA) is 102 Å². The van der Waals surface area contributed by atoms with Gasteiger partial charge in [0.25, 0.3) is 5.69 Å². The Labute approximate surface area is 160 Å². The van der Waals surface area contributed by atoms with E-state index in [0.717, 1.165) is 11.1 Å². The number of non-ortho nitro benzene ring substituents is 1. The van der Waals surface area contributed by atoms with Crippen LogP contribution in [0.25, 0.3) is 34.2 Å². The zero-order valence-corrected chi connectivity index (χ0v) is 14.6. The van der Waals surface area contributed by atoms with E-state index in [-0.39, 0.29) is 11.4 Å². The van der Waals surface area contributed by atoms with Crippen LogP contribution in [0.5, 0.6) is 5.75 Å². The fourth-order valence-corrected chi connectivity index (χ4v) is 2.69. The Morgan fingerprint density at radius 2 is 1.07 bits per heavy atom. The molecule has 0 amide bonds. The molecular weight excluding hydrogens is 356 g/mol. The van der Waals surface area contributed by atoms with Crippen LogP contribution in [0.4, 0.5) is 5.69 Å². The van der Waals surface area contributed by atoms with E-state index in [0.29, 0.717) is 23.0 Å². The molecule has 0 aliphatic carbocycles. The molecule has 0 aliphatic heterocycles. The SMILES string of the molecule is O=[N+]([O-])c1ccc(-c2nc(-c3ccccc3)nc(-c3ccc(O)cc3)n2)cc1. The third-order valence-corrected chi connectivity index (χ3v) is 4.13. The standard InChI is InChI=1S/C21H14N4O3/c26-18-12-8-16(9-13-18)21-23-19(14-4-2-1-3-5-14)22-20(24-21)15-6-10-17(11-7-15)25(27)28/h1-13,26H. The summed E-state index contributed by atoms with van der Waals surface area (Å²) < 4.78 is 0. The van der Waals surface area contributed by atoms with E-state index < -0.39 is 4.92 Å². The van der Waals surface area contributed by atoms with Gasteiger partial charge in [0.15, 0.2) is 17.5 Å². The molecule has 3 aromatic carbocycles. The molecule has 0 aliphatic rings. The summed E-state index contributed by atoms with van der Waals surface area (Å²) in [5.41, 5.74) is 2.19. The van der Waals surface area contributed by atoms with Gasteiger partial charge in [-0.1, -0.05) is 30.3 Å². The minimum absolute atomic E-state index is 0.000142. The smallest absolute Gasteiger partial charge is 0.269 e. The van der Waals surface area contributed by atoms with Crippen LogP contribution in [0.15, 0.2) is 78.9 Å². The second kappa shape index (κ2) is 7.24. The summed E-state index contributed by atoms with van der Waals surface area (Å²) in [5.74, 6) is 1.50. The monoisotopic (exact) mass is 370 g/mol. The average Bonchev–Trinajstić information content (AvgIpc) is 2.74. The van der Waals surface area contributed by atoms with Crippen LogP contribution in [-0.4, -0.2) is 25.0 Å². The molecular formula is C21H14N4O3. The molecule has 7 nitrogen and oxygen atoms in total. The summed E-state index contributed by atoms with van der Waals surface area (Å²) in [6.45, 7) is 0. The predicted octanol–water partition coefficient (Wildman–Crippen LogP) is 4.49. The Morgan fingerprint density at radius 1 is 0.643 bits per heavy atom. The summed E-state index contributed by atoms with van der Waals surface area (Å²) in [5, 5.41) is 20.4. The Morgan fingerprint density at radius 3 is 1.54 bits per heavy atom. The number of hydrogen-bond donors (Lipinski definition) is 1. The van der Waals surface area contributed by atoms with E-state index in [1.807, 2.05) is 30.3 Å². The zero-order valence-electron chi connectivity index (χ0n) is 14.6. The molecule has 0 spiro atoms. The largest absolute Gasteiger partial charge is 0.508 e. The van der Waals surface area contributed by atoms with Crippen molar-refractivity contribution in [2.24, 2.45) is 0 Å². The van der Waals surface area contributed by atoms with Crippen molar-refractivity contribution in [3.63, 3.8) is 0 Å². The van der Waals surface area contributed by atoms with Gasteiger partial charge in [-0.2, -0.15) is 0 Å². The van der Waals surface area contributed by atoms with Gasteiger partial charge in [0.2, 0.25) is 0 Å². The lowest BCUT2D eigenvalue weighted by Crippen LogP contribution is -2.00. The minimum Gasteiger partial charge on any atom is -0.508 e. The van der Waals surface area contributed by atoms with Crippen LogP contribution in [0.2, 0.25) is 0 Å². The van der Waals surface area contributed by atoms with Crippen LogP contribution >= 0.6 is 0 Å². The van der Waals surface area contributed by atoms with Crippen molar-refractivity contribution < 1.29 is 10.0 Å². The second-order valence-electron chi connectivity index (χ2n) is 6.02. The number of hydrogen-bond acceptors (Lipinski definition) is 6. The molecule has 1 aromatic heterocycles. The Kier molecular flexibility index (Phi) is 4.47. The Bertz CT molecular complexity index is 1130. The molecule has 0 radical (unpaired) electrons. The Balaban J connectivity index is 1.86. The van der Waals surface area contributed by atoms with Gasteiger partial charge in [-0.3, -0.25) is 10.1 Å². The predicted molar refractivity (Wildman–Crippen MR) is 104 cm³/mol. The van der Waals surface area contributed by atoms with Crippen molar-refractivity contribution in [3.05, 3.63) is 89.0 Å². The van der Waals surface area contributed by atoms with E-state index in [4.69, 9.17) is 0 Å². The minimum atomic E-state index is -0.450. The number of nitro benzene ring substituents is 1. The number of nitro groups is 1. The summed E-state index contributed by atoms with van der Waals surface area (Å²) in [6.07, 6.45) is 0. The number of rotatable bonds is 4. The number of nitrogens with zero attached hydrogens (tertiary/aromatic N) is 4. The molecule has 0 unspecified atom stereocenters. The number of phenols is 1. The maximum atomic E-state index is 10.9. The van der Waals surface area contributed by atoms with Gasteiger partial charge >= 0.3 is 0 Å². The van der Waals surface area contributed by atoms with Gasteiger partial charge in [-0.05, 0) is 36.4 Å². The molecule has 0 saturated heterocycles. The van der Waals surface area contributed by atoms with Crippen molar-refractivity contribution in [2.45, 2.75) is 0 Å². The lowest BCUT2D eigenvalue weighted by atomic mass is 10.1. The molecule has 28 heavy (non-hydrogen) atoms. The van der Waals surface area contributed by atoms with E-state index in [2.05, 4.69) is 15.0 Å². The molecule has 1 N–H and O–H groups in total. The molecule has 0 saturated carbocycles. The summed E-state index contributed by atoms with van der Waals surface area (Å²) in [7, 11) is 0. The molecule has 1 heterocycles. The fourth-order valence-electron chi connectivity index (χ4n) is 2.69. The van der Waals surface area contributed by atoms with Gasteiger partial charge in [0, 0.05) is 28.8 Å². The maximum Gasteiger partial charge on any atom is 0.269 e. The molecule has 0 bridgehead atoms. The van der Waals surface area contributed by atoms with E-state index in [1.165, 1.54) is 12.1 Å². The first-order chi connectivity index (χ1) is 13.6. The molecule has 136 valence electrons. The van der Waals surface area contributed by atoms with Crippen LogP contribution in [-0.2, 0) is 0 Å². The van der Waals surface area contributed by atoms with E-state index in [1.54, 1.807) is 36.4 Å². The second-order valence-corrected chi connectivity index (χ2v) is 6.02. The average molecular weight is 370 g/mol. The number of phenolic OH excluding ortho intramolecular Hbond substituents is 1.